The molecular formula is C36H37F10NO6. The molecule has 0 bridgehead atoms. The van der Waals surface area contributed by atoms with Gasteiger partial charge in [-0.3, -0.25) is 4.79 Å². The van der Waals surface area contributed by atoms with E-state index in [0.717, 1.165) is 31.3 Å². The first kappa shape index (κ1) is 46.2. The molecule has 53 heavy (non-hydrogen) atoms. The van der Waals surface area contributed by atoms with Crippen LogP contribution in [-0.2, 0) is 39.4 Å². The van der Waals surface area contributed by atoms with Crippen molar-refractivity contribution < 1.29 is 73.2 Å². The standard InChI is InChI=1S/C33H27F10NO5.C2H6.CH4O/c1-19(30(48-2)22-11-25(32(38,39)40)15-26(12-22)33(41,42)43)44(18-46)17-23-13-24(31(35,36)37)8-7-20(23)5-6-21-14-29(27(34)16-28(21)47)49-10-4-3-9-45;2*1-2/h7-9,11-16,18-19,30,47H,3-4,10,17H2,1-2H3;1-2H3;2H,1H3. The molecule has 2 N–H and O–H groups in total. The van der Waals surface area contributed by atoms with Gasteiger partial charge in [0.2, 0.25) is 6.41 Å². The number of aromatic hydroxyl groups is 1. The Labute approximate surface area is 299 Å². The van der Waals surface area contributed by atoms with Gasteiger partial charge in [0, 0.05) is 44.9 Å². The van der Waals surface area contributed by atoms with Gasteiger partial charge >= 0.3 is 18.5 Å². The number of hydrogen-bond acceptors (Lipinski definition) is 6. The lowest BCUT2D eigenvalue weighted by molar-refractivity contribution is -0.143. The number of ether oxygens (including phenoxy) is 2. The number of phenols is 1. The van der Waals surface area contributed by atoms with Crippen molar-refractivity contribution in [1.82, 2.24) is 4.90 Å². The minimum Gasteiger partial charge on any atom is -0.507 e. The number of carbonyl (C=O) groups excluding carboxylic acids is 2. The molecule has 0 aliphatic carbocycles. The predicted molar refractivity (Wildman–Crippen MR) is 173 cm³/mol. The van der Waals surface area contributed by atoms with Crippen molar-refractivity contribution in [1.29, 1.82) is 0 Å². The molecule has 3 aromatic rings. The van der Waals surface area contributed by atoms with E-state index < -0.39 is 71.0 Å². The Morgan fingerprint density at radius 1 is 0.811 bits per heavy atom. The first-order chi connectivity index (χ1) is 24.8. The van der Waals surface area contributed by atoms with Gasteiger partial charge in [0.25, 0.3) is 0 Å². The van der Waals surface area contributed by atoms with Gasteiger partial charge in [0.15, 0.2) is 11.6 Å². The molecule has 17 heteroatoms. The second kappa shape index (κ2) is 20.4. The van der Waals surface area contributed by atoms with Crippen molar-refractivity contribution >= 4 is 12.7 Å². The lowest BCUT2D eigenvalue weighted by atomic mass is 9.96. The van der Waals surface area contributed by atoms with Crippen molar-refractivity contribution in [2.24, 2.45) is 0 Å². The van der Waals surface area contributed by atoms with Crippen molar-refractivity contribution in [3.05, 3.63) is 93.3 Å². The average molecular weight is 770 g/mol. The van der Waals surface area contributed by atoms with Crippen LogP contribution in [0.5, 0.6) is 11.5 Å². The SMILES string of the molecule is CC.CO.COC(c1cc(C(F)(F)F)cc(C(F)(F)F)c1)C(C)N(C=O)Cc1cc(C(F)(F)F)ccc1C#Cc1cc(OCCCC=O)c(F)cc1O. The summed E-state index contributed by atoms with van der Waals surface area (Å²) in [7, 11) is 1.97. The number of halogens is 10. The van der Waals surface area contributed by atoms with Gasteiger partial charge in [-0.1, -0.05) is 25.7 Å². The number of alkyl halides is 9. The Bertz CT molecular complexity index is 1680. The van der Waals surface area contributed by atoms with Crippen molar-refractivity contribution in [3.63, 3.8) is 0 Å². The fraction of sp³-hybridized carbons (Fsp3) is 0.389. The van der Waals surface area contributed by atoms with Crippen LogP contribution >= 0.6 is 0 Å². The summed E-state index contributed by atoms with van der Waals surface area (Å²) in [5.41, 5.74) is -5.64. The fourth-order valence-electron chi connectivity index (χ4n) is 4.66. The summed E-state index contributed by atoms with van der Waals surface area (Å²) in [6, 6.07) is 3.38. The Morgan fingerprint density at radius 2 is 1.36 bits per heavy atom. The van der Waals surface area contributed by atoms with Crippen LogP contribution in [0.25, 0.3) is 0 Å². The smallest absolute Gasteiger partial charge is 0.416 e. The third-order valence-corrected chi connectivity index (χ3v) is 7.18. The summed E-state index contributed by atoms with van der Waals surface area (Å²) in [4.78, 5) is 23.5. The number of amides is 1. The third kappa shape index (κ3) is 13.3. The van der Waals surface area contributed by atoms with E-state index in [4.69, 9.17) is 14.6 Å². The number of aldehydes is 1. The molecule has 7 nitrogen and oxygen atoms in total. The molecule has 0 heterocycles. The number of methoxy groups -OCH3 is 1. The summed E-state index contributed by atoms with van der Waals surface area (Å²) in [6.45, 7) is 4.48. The maximum Gasteiger partial charge on any atom is 0.416 e. The summed E-state index contributed by atoms with van der Waals surface area (Å²) in [5.74, 6) is 3.08. The summed E-state index contributed by atoms with van der Waals surface area (Å²) >= 11 is 0. The Kier molecular flexibility index (Phi) is 17.8. The highest BCUT2D eigenvalue weighted by Crippen LogP contribution is 2.39. The zero-order valence-electron chi connectivity index (χ0n) is 29.0. The normalized spacial score (nSPS) is 12.5. The van der Waals surface area contributed by atoms with Gasteiger partial charge in [-0.05, 0) is 60.9 Å². The van der Waals surface area contributed by atoms with E-state index in [0.29, 0.717) is 36.6 Å². The van der Waals surface area contributed by atoms with Crippen molar-refractivity contribution in [3.8, 4) is 23.3 Å². The highest BCUT2D eigenvalue weighted by atomic mass is 19.4. The number of aliphatic hydroxyl groups is 1. The zero-order valence-corrected chi connectivity index (χ0v) is 29.0. The molecule has 0 radical (unpaired) electrons. The summed E-state index contributed by atoms with van der Waals surface area (Å²) in [5, 5.41) is 17.2. The van der Waals surface area contributed by atoms with Crippen LogP contribution in [0.2, 0.25) is 0 Å². The first-order valence-corrected chi connectivity index (χ1v) is 15.6. The summed E-state index contributed by atoms with van der Waals surface area (Å²) < 4.78 is 147. The Hall–Kier alpha value is -4.82. The minimum absolute atomic E-state index is 0.0590. The van der Waals surface area contributed by atoms with Crippen molar-refractivity contribution in [2.45, 2.75) is 70.8 Å². The predicted octanol–water partition coefficient (Wildman–Crippen LogP) is 8.71. The Morgan fingerprint density at radius 3 is 1.85 bits per heavy atom. The molecule has 0 aromatic heterocycles. The molecule has 0 aliphatic rings. The van der Waals surface area contributed by atoms with Crippen LogP contribution in [-0.4, -0.2) is 54.7 Å². The maximum absolute atomic E-state index is 14.3. The molecule has 2 unspecified atom stereocenters. The molecule has 0 aliphatic heterocycles. The number of carbonyl (C=O) groups is 2. The van der Waals surface area contributed by atoms with E-state index in [1.807, 2.05) is 13.8 Å². The maximum atomic E-state index is 14.3. The van der Waals surface area contributed by atoms with E-state index in [1.165, 1.54) is 6.92 Å². The van der Waals surface area contributed by atoms with E-state index in [9.17, 15) is 58.6 Å². The van der Waals surface area contributed by atoms with Crippen LogP contribution in [0.15, 0.2) is 48.5 Å². The Balaban J connectivity index is 0.00000339. The molecule has 3 rings (SSSR count). The molecule has 3 aromatic carbocycles. The van der Waals surface area contributed by atoms with Crippen LogP contribution in [0.3, 0.4) is 0 Å². The monoisotopic (exact) mass is 769 g/mol. The van der Waals surface area contributed by atoms with E-state index in [2.05, 4.69) is 11.8 Å². The second-order valence-corrected chi connectivity index (χ2v) is 10.6. The number of hydrogen-bond donors (Lipinski definition) is 2. The number of nitrogens with zero attached hydrogens (tertiary/aromatic N) is 1. The molecular weight excluding hydrogens is 732 g/mol. The van der Waals surface area contributed by atoms with Gasteiger partial charge in [-0.15, -0.1) is 0 Å². The highest BCUT2D eigenvalue weighted by molar-refractivity contribution is 5.55. The number of phenolic OH excluding ortho intramolecular Hbond substituents is 1. The number of unbranched alkanes of at least 4 members (excludes halogenated alkanes) is 1. The van der Waals surface area contributed by atoms with Gasteiger partial charge in [0.05, 0.1) is 34.9 Å². The van der Waals surface area contributed by atoms with Gasteiger partial charge in [-0.2, -0.15) is 39.5 Å². The van der Waals surface area contributed by atoms with Crippen LogP contribution in [0, 0.1) is 17.7 Å². The molecule has 292 valence electrons. The molecule has 2 atom stereocenters. The zero-order chi connectivity index (χ0) is 40.7. The lowest BCUT2D eigenvalue weighted by Crippen LogP contribution is -2.37. The number of aliphatic hydroxyl groups excluding tert-OH is 1. The summed E-state index contributed by atoms with van der Waals surface area (Å²) in [6.07, 6.45) is -15.7. The van der Waals surface area contributed by atoms with Gasteiger partial charge in [-0.25, -0.2) is 4.39 Å². The van der Waals surface area contributed by atoms with Crippen LogP contribution in [0.4, 0.5) is 43.9 Å². The van der Waals surface area contributed by atoms with Crippen LogP contribution < -0.4 is 4.74 Å². The fourth-order valence-corrected chi connectivity index (χ4v) is 4.66. The lowest BCUT2D eigenvalue weighted by Gasteiger charge is -2.32. The van der Waals surface area contributed by atoms with Crippen LogP contribution in [0.1, 0.15) is 78.7 Å². The molecule has 0 spiro atoms. The van der Waals surface area contributed by atoms with E-state index >= 15 is 0 Å². The van der Waals surface area contributed by atoms with Gasteiger partial charge in [0.1, 0.15) is 18.1 Å². The number of benzene rings is 3. The highest BCUT2D eigenvalue weighted by Gasteiger charge is 2.39. The quantitative estimate of drug-likeness (QED) is 0.0829. The first-order valence-electron chi connectivity index (χ1n) is 15.6. The van der Waals surface area contributed by atoms with Gasteiger partial charge < -0.3 is 29.4 Å². The molecule has 0 saturated carbocycles. The minimum atomic E-state index is -5.18. The van der Waals surface area contributed by atoms with Crippen molar-refractivity contribution in [2.75, 3.05) is 20.8 Å². The average Bonchev–Trinajstić information content (AvgIpc) is 3.10. The third-order valence-electron chi connectivity index (χ3n) is 7.18. The molecule has 1 amide bonds. The molecule has 0 fully saturated rings. The largest absolute Gasteiger partial charge is 0.507 e. The van der Waals surface area contributed by atoms with E-state index in [-0.39, 0.29) is 54.4 Å². The topological polar surface area (TPSA) is 96.3 Å². The van der Waals surface area contributed by atoms with E-state index in [1.54, 1.807) is 0 Å². The second-order valence-electron chi connectivity index (χ2n) is 10.6. The number of rotatable bonds is 12. The molecule has 0 saturated heterocycles.